The van der Waals surface area contributed by atoms with Crippen molar-refractivity contribution in [3.8, 4) is 0 Å². The van der Waals surface area contributed by atoms with Gasteiger partial charge in [-0.2, -0.15) is 11.3 Å². The lowest BCUT2D eigenvalue weighted by atomic mass is 10.1. The van der Waals surface area contributed by atoms with Gasteiger partial charge in [0.25, 0.3) is 5.91 Å². The molecule has 1 aliphatic carbocycles. The number of likely N-dealkylation sites (N-methyl/N-ethyl adjacent to an activating group) is 1. The minimum absolute atomic E-state index is 0.159. The average molecular weight is 333 g/mol. The van der Waals surface area contributed by atoms with E-state index >= 15 is 0 Å². The fourth-order valence-corrected chi connectivity index (χ4v) is 3.53. The molecule has 0 radical (unpaired) electrons. The predicted molar refractivity (Wildman–Crippen MR) is 90.8 cm³/mol. The number of carbonyl (C=O) groups is 1. The summed E-state index contributed by atoms with van der Waals surface area (Å²) in [5, 5.41) is 11.1. The highest BCUT2D eigenvalue weighted by Gasteiger charge is 2.29. The topological polar surface area (TPSA) is 58.4 Å². The number of aromatic nitrogens is 1. The van der Waals surface area contributed by atoms with Gasteiger partial charge in [-0.15, -0.1) is 0 Å². The van der Waals surface area contributed by atoms with Crippen LogP contribution in [0, 0.1) is 0 Å². The largest absolute Gasteiger partial charge is 0.360 e. The van der Waals surface area contributed by atoms with Crippen LogP contribution >= 0.6 is 11.3 Å². The zero-order chi connectivity index (χ0) is 16.2. The lowest BCUT2D eigenvalue weighted by molar-refractivity contribution is 0.0926. The number of nitrogens with zero attached hydrogens (tertiary/aromatic N) is 2. The van der Waals surface area contributed by atoms with Crippen LogP contribution in [0.4, 0.5) is 0 Å². The standard InChI is InChI=1S/C17H23N3O2S/c1-3-20(4-2)15(13-7-8-23-11-13)10-18-17(21)14-9-16(22-19-14)12-5-6-12/h7-9,11-12,15H,3-6,10H2,1-2H3,(H,18,21)/t15-/m0/s1. The summed E-state index contributed by atoms with van der Waals surface area (Å²) in [6.45, 7) is 6.75. The van der Waals surface area contributed by atoms with E-state index < -0.39 is 0 Å². The fraction of sp³-hybridized carbons (Fsp3) is 0.529. The molecule has 0 bridgehead atoms. The van der Waals surface area contributed by atoms with E-state index in [1.165, 1.54) is 5.56 Å². The van der Waals surface area contributed by atoms with Gasteiger partial charge in [-0.1, -0.05) is 19.0 Å². The molecule has 2 aromatic rings. The number of rotatable bonds is 8. The van der Waals surface area contributed by atoms with Gasteiger partial charge in [-0.25, -0.2) is 0 Å². The van der Waals surface area contributed by atoms with Crippen LogP contribution in [-0.4, -0.2) is 35.6 Å². The third kappa shape index (κ3) is 3.82. The summed E-state index contributed by atoms with van der Waals surface area (Å²) < 4.78 is 5.26. The van der Waals surface area contributed by atoms with E-state index in [9.17, 15) is 4.79 Å². The van der Waals surface area contributed by atoms with E-state index in [0.29, 0.717) is 18.2 Å². The molecule has 0 aromatic carbocycles. The second-order valence-corrected chi connectivity index (χ2v) is 6.67. The van der Waals surface area contributed by atoms with Crippen LogP contribution in [0.25, 0.3) is 0 Å². The predicted octanol–water partition coefficient (Wildman–Crippen LogP) is 3.43. The molecule has 0 saturated heterocycles. The molecule has 1 atom stereocenters. The average Bonchev–Trinajstić information content (AvgIpc) is 3.07. The van der Waals surface area contributed by atoms with Crippen molar-refractivity contribution < 1.29 is 9.32 Å². The molecule has 0 spiro atoms. The van der Waals surface area contributed by atoms with E-state index in [-0.39, 0.29) is 11.9 Å². The molecule has 1 aliphatic rings. The lowest BCUT2D eigenvalue weighted by Gasteiger charge is -2.29. The van der Waals surface area contributed by atoms with Crippen LogP contribution < -0.4 is 5.32 Å². The smallest absolute Gasteiger partial charge is 0.273 e. The van der Waals surface area contributed by atoms with Gasteiger partial charge in [-0.05, 0) is 48.3 Å². The number of thiophene rings is 1. The van der Waals surface area contributed by atoms with E-state index in [4.69, 9.17) is 4.52 Å². The summed E-state index contributed by atoms with van der Waals surface area (Å²) in [7, 11) is 0. The van der Waals surface area contributed by atoms with E-state index in [0.717, 1.165) is 31.7 Å². The maximum atomic E-state index is 12.3. The van der Waals surface area contributed by atoms with Gasteiger partial charge >= 0.3 is 0 Å². The number of carbonyl (C=O) groups excluding carboxylic acids is 1. The summed E-state index contributed by atoms with van der Waals surface area (Å²) in [6, 6.07) is 4.10. The molecule has 2 aromatic heterocycles. The maximum absolute atomic E-state index is 12.3. The number of amides is 1. The Balaban J connectivity index is 1.64. The monoisotopic (exact) mass is 333 g/mol. The number of hydrogen-bond acceptors (Lipinski definition) is 5. The van der Waals surface area contributed by atoms with Gasteiger partial charge in [-0.3, -0.25) is 9.69 Å². The number of hydrogen-bond donors (Lipinski definition) is 1. The Kier molecular flexibility index (Phi) is 5.13. The van der Waals surface area contributed by atoms with E-state index in [1.807, 2.05) is 0 Å². The molecule has 0 unspecified atom stereocenters. The lowest BCUT2D eigenvalue weighted by Crippen LogP contribution is -2.38. The summed E-state index contributed by atoms with van der Waals surface area (Å²) in [5.41, 5.74) is 1.63. The van der Waals surface area contributed by atoms with Crippen molar-refractivity contribution >= 4 is 17.2 Å². The molecule has 6 heteroatoms. The number of nitrogens with one attached hydrogen (secondary N) is 1. The van der Waals surface area contributed by atoms with Crippen LogP contribution in [0.2, 0.25) is 0 Å². The molecule has 0 aliphatic heterocycles. The molecule has 3 rings (SSSR count). The summed E-state index contributed by atoms with van der Waals surface area (Å²) in [5.74, 6) is 1.15. The Bertz CT molecular complexity index is 630. The molecule has 1 N–H and O–H groups in total. The van der Waals surface area contributed by atoms with Crippen molar-refractivity contribution in [2.45, 2.75) is 38.6 Å². The van der Waals surface area contributed by atoms with Crippen molar-refractivity contribution in [1.82, 2.24) is 15.4 Å². The van der Waals surface area contributed by atoms with Gasteiger partial charge < -0.3 is 9.84 Å². The van der Waals surface area contributed by atoms with E-state index in [1.54, 1.807) is 17.4 Å². The highest BCUT2D eigenvalue weighted by Crippen LogP contribution is 2.40. The molecular weight excluding hydrogens is 310 g/mol. The van der Waals surface area contributed by atoms with Gasteiger partial charge in [0.05, 0.1) is 6.04 Å². The third-order valence-electron chi connectivity index (χ3n) is 4.38. The second kappa shape index (κ2) is 7.27. The Hall–Kier alpha value is -1.66. The van der Waals surface area contributed by atoms with Crippen LogP contribution in [0.3, 0.4) is 0 Å². The summed E-state index contributed by atoms with van der Waals surface area (Å²) in [4.78, 5) is 14.7. The summed E-state index contributed by atoms with van der Waals surface area (Å²) in [6.07, 6.45) is 2.27. The highest BCUT2D eigenvalue weighted by molar-refractivity contribution is 7.07. The SMILES string of the molecule is CCN(CC)[C@@H](CNC(=O)c1cc(C2CC2)on1)c1ccsc1. The molecule has 5 nitrogen and oxygen atoms in total. The Morgan fingerprint density at radius 1 is 1.48 bits per heavy atom. The van der Waals surface area contributed by atoms with Crippen LogP contribution in [0.5, 0.6) is 0 Å². The van der Waals surface area contributed by atoms with Gasteiger partial charge in [0, 0.05) is 18.5 Å². The fourth-order valence-electron chi connectivity index (χ4n) is 2.82. The first-order chi connectivity index (χ1) is 11.2. The zero-order valence-electron chi connectivity index (χ0n) is 13.6. The quantitative estimate of drug-likeness (QED) is 0.804. The minimum Gasteiger partial charge on any atom is -0.360 e. The van der Waals surface area contributed by atoms with Crippen LogP contribution in [-0.2, 0) is 0 Å². The van der Waals surface area contributed by atoms with Gasteiger partial charge in [0.1, 0.15) is 5.76 Å². The van der Waals surface area contributed by atoms with Crippen molar-refractivity contribution in [1.29, 1.82) is 0 Å². The van der Waals surface area contributed by atoms with Crippen LogP contribution in [0.1, 0.15) is 60.5 Å². The van der Waals surface area contributed by atoms with Crippen LogP contribution in [0.15, 0.2) is 27.4 Å². The van der Waals surface area contributed by atoms with Gasteiger partial charge in [0.15, 0.2) is 5.69 Å². The molecule has 124 valence electrons. The maximum Gasteiger partial charge on any atom is 0.273 e. The normalized spacial score (nSPS) is 15.8. The zero-order valence-corrected chi connectivity index (χ0v) is 14.4. The molecule has 1 saturated carbocycles. The third-order valence-corrected chi connectivity index (χ3v) is 5.08. The second-order valence-electron chi connectivity index (χ2n) is 5.89. The van der Waals surface area contributed by atoms with Crippen molar-refractivity contribution in [2.24, 2.45) is 0 Å². The Morgan fingerprint density at radius 2 is 2.26 bits per heavy atom. The van der Waals surface area contributed by atoms with Crippen molar-refractivity contribution in [2.75, 3.05) is 19.6 Å². The molecule has 2 heterocycles. The Labute approximate surface area is 140 Å². The Morgan fingerprint density at radius 3 is 2.87 bits per heavy atom. The minimum atomic E-state index is -0.159. The molecule has 1 amide bonds. The highest BCUT2D eigenvalue weighted by atomic mass is 32.1. The first-order valence-electron chi connectivity index (χ1n) is 8.23. The summed E-state index contributed by atoms with van der Waals surface area (Å²) >= 11 is 1.68. The first kappa shape index (κ1) is 16.2. The molecule has 23 heavy (non-hydrogen) atoms. The molecule has 1 fully saturated rings. The van der Waals surface area contributed by atoms with Gasteiger partial charge in [0.2, 0.25) is 0 Å². The van der Waals surface area contributed by atoms with Crippen molar-refractivity contribution in [3.63, 3.8) is 0 Å². The van der Waals surface area contributed by atoms with E-state index in [2.05, 4.69) is 46.0 Å². The van der Waals surface area contributed by atoms with Crippen molar-refractivity contribution in [3.05, 3.63) is 39.9 Å². The first-order valence-corrected chi connectivity index (χ1v) is 9.18. The molecular formula is C17H23N3O2S.